The Morgan fingerprint density at radius 2 is 1.95 bits per heavy atom. The molecular weight excluding hydrogens is 264 g/mol. The van der Waals surface area contributed by atoms with Gasteiger partial charge in [0.2, 0.25) is 0 Å². The van der Waals surface area contributed by atoms with Crippen molar-refractivity contribution >= 4 is 23.8 Å². The first-order chi connectivity index (χ1) is 8.99. The second-order valence-corrected chi connectivity index (χ2v) is 6.66. The van der Waals surface area contributed by atoms with E-state index in [0.717, 1.165) is 24.3 Å². The van der Waals surface area contributed by atoms with E-state index >= 15 is 0 Å². The minimum atomic E-state index is -0.974. The van der Waals surface area contributed by atoms with Gasteiger partial charge in [-0.2, -0.15) is 11.8 Å². The topological polar surface area (TPSA) is 78.4 Å². The summed E-state index contributed by atoms with van der Waals surface area (Å²) in [5.41, 5.74) is 0. The maximum absolute atomic E-state index is 11.7. The molecule has 0 radical (unpaired) electrons. The number of carbonyl (C=O) groups is 2. The Labute approximate surface area is 118 Å². The third-order valence-corrected chi connectivity index (χ3v) is 4.25. The van der Waals surface area contributed by atoms with Crippen LogP contribution >= 0.6 is 11.8 Å². The first-order valence-electron chi connectivity index (χ1n) is 6.84. The number of carboxylic acid groups (broad SMARTS) is 1. The zero-order valence-corrected chi connectivity index (χ0v) is 12.5. The molecule has 19 heavy (non-hydrogen) atoms. The lowest BCUT2D eigenvalue weighted by molar-refractivity contribution is -0.139. The molecule has 1 aliphatic heterocycles. The van der Waals surface area contributed by atoms with Gasteiger partial charge < -0.3 is 15.7 Å². The maximum Gasteiger partial charge on any atom is 0.326 e. The smallest absolute Gasteiger partial charge is 0.326 e. The molecule has 1 heterocycles. The van der Waals surface area contributed by atoms with E-state index in [1.807, 2.05) is 25.6 Å². The number of hydrogen-bond acceptors (Lipinski definition) is 3. The van der Waals surface area contributed by atoms with Crippen molar-refractivity contribution in [2.75, 3.05) is 18.1 Å². The normalized spacial score (nSPS) is 18.1. The van der Waals surface area contributed by atoms with Crippen LogP contribution in [0.1, 0.15) is 33.1 Å². The van der Waals surface area contributed by atoms with Crippen LogP contribution in [-0.2, 0) is 4.79 Å². The van der Waals surface area contributed by atoms with Gasteiger partial charge in [-0.25, -0.2) is 9.59 Å². The molecule has 0 aromatic heterocycles. The van der Waals surface area contributed by atoms with Crippen LogP contribution in [0.4, 0.5) is 4.79 Å². The summed E-state index contributed by atoms with van der Waals surface area (Å²) in [5.74, 6) is 2.09. The molecule has 0 saturated carbocycles. The number of hydrogen-bond donors (Lipinski definition) is 3. The minimum Gasteiger partial charge on any atom is -0.480 e. The number of carbonyl (C=O) groups excluding carboxylic acids is 1. The van der Waals surface area contributed by atoms with Gasteiger partial charge in [0.15, 0.2) is 0 Å². The van der Waals surface area contributed by atoms with Gasteiger partial charge in [-0.3, -0.25) is 0 Å². The fourth-order valence-electron chi connectivity index (χ4n) is 2.09. The van der Waals surface area contributed by atoms with Gasteiger partial charge in [-0.1, -0.05) is 13.8 Å². The van der Waals surface area contributed by atoms with E-state index in [1.54, 1.807) is 0 Å². The lowest BCUT2D eigenvalue weighted by atomic mass is 10.0. The van der Waals surface area contributed by atoms with Crippen molar-refractivity contribution in [1.82, 2.24) is 10.6 Å². The quantitative estimate of drug-likeness (QED) is 0.698. The van der Waals surface area contributed by atoms with Crippen molar-refractivity contribution in [1.29, 1.82) is 0 Å². The van der Waals surface area contributed by atoms with E-state index < -0.39 is 12.0 Å². The fourth-order valence-corrected chi connectivity index (χ4v) is 3.29. The standard InChI is InChI=1S/C13H24N2O3S/c1-9(2)7-11(12(16)17)15-13(18)14-8-10-3-5-19-6-4-10/h9-11H,3-8H2,1-2H3,(H,16,17)(H2,14,15,18)/t11-/m0/s1. The second-order valence-electron chi connectivity index (χ2n) is 5.43. The predicted molar refractivity (Wildman–Crippen MR) is 77.5 cm³/mol. The average Bonchev–Trinajstić information content (AvgIpc) is 2.36. The summed E-state index contributed by atoms with van der Waals surface area (Å²) in [6, 6.07) is -1.17. The van der Waals surface area contributed by atoms with Crippen LogP contribution in [0.15, 0.2) is 0 Å². The summed E-state index contributed by atoms with van der Waals surface area (Å²) < 4.78 is 0. The highest BCUT2D eigenvalue weighted by atomic mass is 32.2. The third kappa shape index (κ3) is 6.71. The number of aliphatic carboxylic acids is 1. The maximum atomic E-state index is 11.7. The molecule has 0 bridgehead atoms. The SMILES string of the molecule is CC(C)C[C@H](NC(=O)NCC1CCSCC1)C(=O)O. The summed E-state index contributed by atoms with van der Waals surface area (Å²) in [5, 5.41) is 14.4. The second kappa shape index (κ2) is 8.30. The molecule has 0 aliphatic carbocycles. The van der Waals surface area contributed by atoms with E-state index in [9.17, 15) is 9.59 Å². The monoisotopic (exact) mass is 288 g/mol. The van der Waals surface area contributed by atoms with E-state index in [4.69, 9.17) is 5.11 Å². The van der Waals surface area contributed by atoms with Crippen LogP contribution in [0.25, 0.3) is 0 Å². The Kier molecular flexibility index (Phi) is 7.05. The molecule has 110 valence electrons. The molecule has 0 aromatic carbocycles. The van der Waals surface area contributed by atoms with Crippen LogP contribution in [0.5, 0.6) is 0 Å². The van der Waals surface area contributed by atoms with Crippen LogP contribution in [0.3, 0.4) is 0 Å². The van der Waals surface area contributed by atoms with Crippen molar-refractivity contribution in [3.05, 3.63) is 0 Å². The molecule has 2 amide bonds. The zero-order valence-electron chi connectivity index (χ0n) is 11.6. The largest absolute Gasteiger partial charge is 0.480 e. The molecule has 0 spiro atoms. The van der Waals surface area contributed by atoms with Gasteiger partial charge >= 0.3 is 12.0 Å². The van der Waals surface area contributed by atoms with Crippen LogP contribution in [-0.4, -0.2) is 41.2 Å². The minimum absolute atomic E-state index is 0.233. The van der Waals surface area contributed by atoms with E-state index in [-0.39, 0.29) is 11.9 Å². The van der Waals surface area contributed by atoms with E-state index in [2.05, 4.69) is 10.6 Å². The molecule has 3 N–H and O–H groups in total. The molecule has 6 heteroatoms. The Morgan fingerprint density at radius 1 is 1.32 bits per heavy atom. The first-order valence-corrected chi connectivity index (χ1v) is 7.99. The lowest BCUT2D eigenvalue weighted by Crippen LogP contribution is -2.47. The van der Waals surface area contributed by atoms with Crippen LogP contribution < -0.4 is 10.6 Å². The number of carboxylic acids is 1. The molecule has 1 fully saturated rings. The Morgan fingerprint density at radius 3 is 2.47 bits per heavy atom. The molecule has 1 rings (SSSR count). The summed E-state index contributed by atoms with van der Waals surface area (Å²) >= 11 is 1.95. The molecule has 0 aromatic rings. The van der Waals surface area contributed by atoms with Crippen molar-refractivity contribution in [2.24, 2.45) is 11.8 Å². The summed E-state index contributed by atoms with van der Waals surface area (Å²) in [6.07, 6.45) is 2.70. The molecule has 1 atom stereocenters. The number of rotatable bonds is 6. The summed E-state index contributed by atoms with van der Waals surface area (Å²) in [7, 11) is 0. The number of amides is 2. The zero-order chi connectivity index (χ0) is 14.3. The van der Waals surface area contributed by atoms with Gasteiger partial charge in [0.05, 0.1) is 0 Å². The Bertz CT molecular complexity index is 304. The molecular formula is C13H24N2O3S. The van der Waals surface area contributed by atoms with Crippen molar-refractivity contribution < 1.29 is 14.7 Å². The number of nitrogens with one attached hydrogen (secondary N) is 2. The molecule has 1 saturated heterocycles. The Balaban J connectivity index is 2.29. The van der Waals surface area contributed by atoms with Gasteiger partial charge in [0.25, 0.3) is 0 Å². The lowest BCUT2D eigenvalue weighted by Gasteiger charge is -2.22. The van der Waals surface area contributed by atoms with E-state index in [1.165, 1.54) is 0 Å². The highest BCUT2D eigenvalue weighted by Crippen LogP contribution is 2.21. The molecule has 1 aliphatic rings. The van der Waals surface area contributed by atoms with Crippen LogP contribution in [0.2, 0.25) is 0 Å². The highest BCUT2D eigenvalue weighted by Gasteiger charge is 2.21. The van der Waals surface area contributed by atoms with Gasteiger partial charge in [-0.05, 0) is 42.6 Å². The first kappa shape index (κ1) is 16.1. The summed E-state index contributed by atoms with van der Waals surface area (Å²) in [4.78, 5) is 22.7. The average molecular weight is 288 g/mol. The molecule has 5 nitrogen and oxygen atoms in total. The number of thioether (sulfide) groups is 1. The van der Waals surface area contributed by atoms with Gasteiger partial charge in [0.1, 0.15) is 6.04 Å². The fraction of sp³-hybridized carbons (Fsp3) is 0.846. The predicted octanol–water partition coefficient (Wildman–Crippen LogP) is 1.93. The Hall–Kier alpha value is -0.910. The van der Waals surface area contributed by atoms with Gasteiger partial charge in [0, 0.05) is 6.54 Å². The number of urea groups is 1. The highest BCUT2D eigenvalue weighted by molar-refractivity contribution is 7.99. The van der Waals surface area contributed by atoms with Crippen molar-refractivity contribution in [3.8, 4) is 0 Å². The van der Waals surface area contributed by atoms with Crippen LogP contribution in [0, 0.1) is 11.8 Å². The van der Waals surface area contributed by atoms with E-state index in [0.29, 0.717) is 18.9 Å². The summed E-state index contributed by atoms with van der Waals surface area (Å²) in [6.45, 7) is 4.52. The van der Waals surface area contributed by atoms with Crippen molar-refractivity contribution in [2.45, 2.75) is 39.2 Å². The van der Waals surface area contributed by atoms with Gasteiger partial charge in [-0.15, -0.1) is 0 Å². The molecule has 0 unspecified atom stereocenters. The van der Waals surface area contributed by atoms with Crippen molar-refractivity contribution in [3.63, 3.8) is 0 Å². The third-order valence-electron chi connectivity index (χ3n) is 3.20.